The number of nitrogens with one attached hydrogen (secondary N) is 1. The molecule has 0 spiro atoms. The largest absolute Gasteiger partial charge is 0.490 e. The van der Waals surface area contributed by atoms with Crippen molar-refractivity contribution in [3.05, 3.63) is 52.3 Å². The standard InChI is InChI=1S/C15H20ClN3.C2HF3O2/c1-12-10-14(18-17-12)11-19(2)9-5-7-13-6-3-4-8-15(13)16;3-2(4,5)1(6)7/h3-4,6,8,10H,5,7,9,11H2,1-2H3,(H,17,18);(H,6,7). The van der Waals surface area contributed by atoms with Crippen LogP contribution in [0.25, 0.3) is 0 Å². The Kier molecular flexibility index (Phi) is 8.60. The molecule has 2 rings (SSSR count). The van der Waals surface area contributed by atoms with Gasteiger partial charge in [-0.1, -0.05) is 29.8 Å². The molecule has 1 aromatic carbocycles. The van der Waals surface area contributed by atoms with Crippen molar-refractivity contribution in [2.75, 3.05) is 13.6 Å². The molecule has 26 heavy (non-hydrogen) atoms. The van der Waals surface area contributed by atoms with Gasteiger partial charge in [-0.25, -0.2) is 4.79 Å². The van der Waals surface area contributed by atoms with Gasteiger partial charge in [0.25, 0.3) is 0 Å². The first kappa shape index (κ1) is 22.0. The van der Waals surface area contributed by atoms with Crippen LogP contribution in [0.1, 0.15) is 23.4 Å². The van der Waals surface area contributed by atoms with E-state index in [0.29, 0.717) is 0 Å². The quantitative estimate of drug-likeness (QED) is 0.778. The maximum absolute atomic E-state index is 10.6. The van der Waals surface area contributed by atoms with E-state index in [1.54, 1.807) is 0 Å². The molecule has 144 valence electrons. The van der Waals surface area contributed by atoms with Gasteiger partial charge in [0.15, 0.2) is 0 Å². The molecule has 9 heteroatoms. The Morgan fingerprint density at radius 1 is 1.35 bits per heavy atom. The van der Waals surface area contributed by atoms with Gasteiger partial charge in [-0.15, -0.1) is 0 Å². The summed E-state index contributed by atoms with van der Waals surface area (Å²) in [5.41, 5.74) is 3.44. The van der Waals surface area contributed by atoms with Crippen LogP contribution in [0.5, 0.6) is 0 Å². The lowest BCUT2D eigenvalue weighted by atomic mass is 10.1. The summed E-state index contributed by atoms with van der Waals surface area (Å²) in [6.07, 6.45) is -2.97. The molecule has 0 aliphatic carbocycles. The zero-order valence-corrected chi connectivity index (χ0v) is 15.2. The van der Waals surface area contributed by atoms with Gasteiger partial charge in [0, 0.05) is 17.3 Å². The highest BCUT2D eigenvalue weighted by Gasteiger charge is 2.38. The molecule has 1 aromatic heterocycles. The summed E-state index contributed by atoms with van der Waals surface area (Å²) in [7, 11) is 2.12. The van der Waals surface area contributed by atoms with E-state index in [2.05, 4.69) is 34.3 Å². The number of hydrogen-bond donors (Lipinski definition) is 2. The van der Waals surface area contributed by atoms with Gasteiger partial charge in [-0.2, -0.15) is 18.3 Å². The first-order chi connectivity index (χ1) is 12.1. The van der Waals surface area contributed by atoms with Crippen LogP contribution in [0.4, 0.5) is 13.2 Å². The van der Waals surface area contributed by atoms with Crippen LogP contribution in [-0.4, -0.2) is 45.9 Å². The Labute approximate surface area is 154 Å². The first-order valence-corrected chi connectivity index (χ1v) is 8.20. The third-order valence-electron chi connectivity index (χ3n) is 3.38. The smallest absolute Gasteiger partial charge is 0.475 e. The fraction of sp³-hybridized carbons (Fsp3) is 0.412. The number of aliphatic carboxylic acids is 1. The summed E-state index contributed by atoms with van der Waals surface area (Å²) in [4.78, 5) is 11.2. The molecule has 0 unspecified atom stereocenters. The first-order valence-electron chi connectivity index (χ1n) is 7.82. The highest BCUT2D eigenvalue weighted by atomic mass is 35.5. The Bertz CT molecular complexity index is 705. The number of nitrogens with zero attached hydrogens (tertiary/aromatic N) is 2. The minimum absolute atomic E-state index is 0.869. The number of benzene rings is 1. The second kappa shape index (κ2) is 10.2. The van der Waals surface area contributed by atoms with Gasteiger partial charge >= 0.3 is 12.1 Å². The van der Waals surface area contributed by atoms with Crippen LogP contribution in [-0.2, 0) is 17.8 Å². The van der Waals surface area contributed by atoms with Crippen molar-refractivity contribution in [1.29, 1.82) is 0 Å². The van der Waals surface area contributed by atoms with Crippen LogP contribution in [0.15, 0.2) is 30.3 Å². The Balaban J connectivity index is 0.000000412. The van der Waals surface area contributed by atoms with Crippen molar-refractivity contribution < 1.29 is 23.1 Å². The number of aromatic amines is 1. The maximum Gasteiger partial charge on any atom is 0.490 e. The van der Waals surface area contributed by atoms with Crippen LogP contribution >= 0.6 is 11.6 Å². The van der Waals surface area contributed by atoms with Crippen LogP contribution < -0.4 is 0 Å². The van der Waals surface area contributed by atoms with Gasteiger partial charge in [0.2, 0.25) is 0 Å². The molecule has 0 saturated carbocycles. The van der Waals surface area contributed by atoms with Crippen LogP contribution in [0, 0.1) is 6.92 Å². The van der Waals surface area contributed by atoms with Gasteiger partial charge in [0.1, 0.15) is 0 Å². The number of rotatable bonds is 6. The van der Waals surface area contributed by atoms with Gasteiger partial charge in [0.05, 0.1) is 5.69 Å². The van der Waals surface area contributed by atoms with Crippen LogP contribution in [0.3, 0.4) is 0 Å². The number of carboxylic acid groups (broad SMARTS) is 1. The second-order valence-electron chi connectivity index (χ2n) is 5.78. The average molecular weight is 392 g/mol. The zero-order chi connectivity index (χ0) is 19.7. The summed E-state index contributed by atoms with van der Waals surface area (Å²) in [5, 5.41) is 15.2. The Hall–Kier alpha value is -2.06. The van der Waals surface area contributed by atoms with Gasteiger partial charge in [-0.05, 0) is 51.1 Å². The van der Waals surface area contributed by atoms with E-state index in [4.69, 9.17) is 21.5 Å². The molecular weight excluding hydrogens is 371 g/mol. The number of halogens is 4. The number of hydrogen-bond acceptors (Lipinski definition) is 3. The van der Waals surface area contributed by atoms with E-state index < -0.39 is 12.1 Å². The van der Waals surface area contributed by atoms with E-state index in [1.807, 2.05) is 25.1 Å². The normalized spacial score (nSPS) is 11.2. The molecule has 2 N–H and O–H groups in total. The summed E-state index contributed by atoms with van der Waals surface area (Å²) in [6, 6.07) is 10.1. The molecule has 0 aliphatic heterocycles. The number of alkyl halides is 3. The van der Waals surface area contributed by atoms with Crippen molar-refractivity contribution in [3.63, 3.8) is 0 Å². The lowest BCUT2D eigenvalue weighted by Gasteiger charge is -2.15. The Morgan fingerprint density at radius 3 is 2.46 bits per heavy atom. The van der Waals surface area contributed by atoms with E-state index >= 15 is 0 Å². The fourth-order valence-corrected chi connectivity index (χ4v) is 2.38. The zero-order valence-electron chi connectivity index (χ0n) is 14.5. The van der Waals surface area contributed by atoms with Crippen molar-refractivity contribution in [3.8, 4) is 0 Å². The van der Waals surface area contributed by atoms with E-state index in [1.165, 1.54) is 5.56 Å². The molecule has 1 heterocycles. The van der Waals surface area contributed by atoms with Crippen molar-refractivity contribution in [1.82, 2.24) is 15.1 Å². The van der Waals surface area contributed by atoms with E-state index in [9.17, 15) is 13.2 Å². The monoisotopic (exact) mass is 391 g/mol. The van der Waals surface area contributed by atoms with Crippen molar-refractivity contribution in [2.45, 2.75) is 32.5 Å². The average Bonchev–Trinajstić information content (AvgIpc) is 2.94. The SMILES string of the molecule is Cc1cc(CN(C)CCCc2ccccc2Cl)n[nH]1.O=C(O)C(F)(F)F. The number of H-pyrrole nitrogens is 1. The molecular formula is C17H21ClF3N3O2. The second-order valence-corrected chi connectivity index (χ2v) is 6.19. The van der Waals surface area contributed by atoms with Gasteiger partial charge < -0.3 is 10.0 Å². The molecule has 0 saturated heterocycles. The Morgan fingerprint density at radius 2 is 1.96 bits per heavy atom. The number of carbonyl (C=O) groups is 1. The number of aromatic nitrogens is 2. The van der Waals surface area contributed by atoms with E-state index in [-0.39, 0.29) is 0 Å². The third kappa shape index (κ3) is 8.35. The highest BCUT2D eigenvalue weighted by Crippen LogP contribution is 2.16. The molecule has 0 amide bonds. The lowest BCUT2D eigenvalue weighted by Crippen LogP contribution is -2.21. The number of aryl methyl sites for hydroxylation is 2. The summed E-state index contributed by atoms with van der Waals surface area (Å²) >= 11 is 6.14. The van der Waals surface area contributed by atoms with Crippen molar-refractivity contribution in [2.24, 2.45) is 0 Å². The highest BCUT2D eigenvalue weighted by molar-refractivity contribution is 6.31. The summed E-state index contributed by atoms with van der Waals surface area (Å²) < 4.78 is 31.7. The molecule has 5 nitrogen and oxygen atoms in total. The van der Waals surface area contributed by atoms with E-state index in [0.717, 1.165) is 42.3 Å². The topological polar surface area (TPSA) is 69.2 Å². The summed E-state index contributed by atoms with van der Waals surface area (Å²) in [5.74, 6) is -2.76. The third-order valence-corrected chi connectivity index (χ3v) is 3.75. The van der Waals surface area contributed by atoms with Gasteiger partial charge in [-0.3, -0.25) is 5.10 Å². The fourth-order valence-electron chi connectivity index (χ4n) is 2.15. The lowest BCUT2D eigenvalue weighted by molar-refractivity contribution is -0.192. The molecule has 2 aromatic rings. The maximum atomic E-state index is 10.6. The molecule has 0 radical (unpaired) electrons. The minimum Gasteiger partial charge on any atom is -0.475 e. The summed E-state index contributed by atoms with van der Waals surface area (Å²) in [6.45, 7) is 3.94. The molecule has 0 bridgehead atoms. The minimum atomic E-state index is -5.08. The van der Waals surface area contributed by atoms with Crippen molar-refractivity contribution >= 4 is 17.6 Å². The molecule has 0 fully saturated rings. The van der Waals surface area contributed by atoms with Crippen LogP contribution in [0.2, 0.25) is 5.02 Å². The molecule has 0 atom stereocenters. The predicted octanol–water partition coefficient (Wildman–Crippen LogP) is 4.07. The predicted molar refractivity (Wildman–Crippen MR) is 93.1 cm³/mol. The number of carboxylic acids is 1. The molecule has 0 aliphatic rings.